The number of amides is 2. The lowest BCUT2D eigenvalue weighted by Crippen LogP contribution is -2.56. The van der Waals surface area contributed by atoms with E-state index in [-0.39, 0.29) is 17.9 Å². The summed E-state index contributed by atoms with van der Waals surface area (Å²) in [6.45, 7) is 6.97. The van der Waals surface area contributed by atoms with E-state index in [2.05, 4.69) is 33.4 Å². The average Bonchev–Trinajstić information content (AvgIpc) is 2.44. The molecule has 2 amide bonds. The first kappa shape index (κ1) is 16.4. The molecule has 21 heavy (non-hydrogen) atoms. The second-order valence-electron chi connectivity index (χ2n) is 5.21. The maximum absolute atomic E-state index is 12.3. The second kappa shape index (κ2) is 6.83. The van der Waals surface area contributed by atoms with Crippen LogP contribution in [0.25, 0.3) is 0 Å². The molecule has 1 fully saturated rings. The number of rotatable bonds is 3. The molecule has 114 valence electrons. The lowest BCUT2D eigenvalue weighted by atomic mass is 10.2. The third-order valence-electron chi connectivity index (χ3n) is 3.63. The van der Waals surface area contributed by atoms with Crippen molar-refractivity contribution in [1.82, 2.24) is 10.2 Å². The van der Waals surface area contributed by atoms with E-state index >= 15 is 0 Å². The average molecular weight is 371 g/mol. The van der Waals surface area contributed by atoms with E-state index in [4.69, 9.17) is 0 Å². The van der Waals surface area contributed by atoms with Crippen LogP contribution in [0.3, 0.4) is 0 Å². The van der Waals surface area contributed by atoms with Gasteiger partial charge in [0, 0.05) is 22.5 Å². The van der Waals surface area contributed by atoms with Crippen LogP contribution in [-0.4, -0.2) is 41.6 Å². The Balaban J connectivity index is 2.01. The third kappa shape index (κ3) is 3.80. The molecule has 1 aromatic rings. The van der Waals surface area contributed by atoms with Gasteiger partial charge in [0.05, 0.1) is 5.75 Å². The Morgan fingerprint density at radius 3 is 2.86 bits per heavy atom. The number of thioether (sulfide) groups is 1. The molecule has 1 atom stereocenters. The highest BCUT2D eigenvalue weighted by atomic mass is 79.9. The van der Waals surface area contributed by atoms with E-state index in [1.807, 2.05) is 13.8 Å². The molecule has 1 heterocycles. The minimum absolute atomic E-state index is 0.0160. The number of nitrogens with one attached hydrogen (secondary N) is 1. The van der Waals surface area contributed by atoms with Gasteiger partial charge in [-0.25, -0.2) is 0 Å². The number of carbonyl (C=O) groups excluding carboxylic acids is 2. The van der Waals surface area contributed by atoms with Crippen molar-refractivity contribution in [3.8, 4) is 0 Å². The summed E-state index contributed by atoms with van der Waals surface area (Å²) in [4.78, 5) is 26.7. The number of nitrogens with zero attached hydrogens (tertiary/aromatic N) is 1. The smallest absolute Gasteiger partial charge is 0.242 e. The van der Waals surface area contributed by atoms with Gasteiger partial charge in [-0.2, -0.15) is 0 Å². The van der Waals surface area contributed by atoms with Crippen molar-refractivity contribution < 1.29 is 9.59 Å². The first-order chi connectivity index (χ1) is 9.90. The number of aryl methyl sites for hydroxylation is 2. The molecule has 6 heteroatoms. The number of carbonyl (C=O) groups is 2. The summed E-state index contributed by atoms with van der Waals surface area (Å²) in [5.74, 6) is 0.303. The van der Waals surface area contributed by atoms with Crippen molar-refractivity contribution in [1.29, 1.82) is 0 Å². The predicted octanol–water partition coefficient (Wildman–Crippen LogP) is 2.50. The third-order valence-corrected chi connectivity index (χ3v) is 5.62. The SMILES string of the molecule is Cc1cc(SCC(=O)N2CCNC(=O)C2C)c(C)cc1Br. The topological polar surface area (TPSA) is 49.4 Å². The molecule has 1 aliphatic heterocycles. The molecule has 0 saturated carbocycles. The number of hydrogen-bond acceptors (Lipinski definition) is 3. The highest BCUT2D eigenvalue weighted by molar-refractivity contribution is 9.10. The van der Waals surface area contributed by atoms with Gasteiger partial charge in [0.15, 0.2) is 0 Å². The first-order valence-electron chi connectivity index (χ1n) is 6.87. The number of benzene rings is 1. The van der Waals surface area contributed by atoms with Crippen molar-refractivity contribution in [2.24, 2.45) is 0 Å². The van der Waals surface area contributed by atoms with E-state index in [1.54, 1.807) is 11.8 Å². The van der Waals surface area contributed by atoms with Gasteiger partial charge in [0.25, 0.3) is 0 Å². The van der Waals surface area contributed by atoms with E-state index in [9.17, 15) is 9.59 Å². The van der Waals surface area contributed by atoms with Crippen molar-refractivity contribution >= 4 is 39.5 Å². The van der Waals surface area contributed by atoms with Gasteiger partial charge in [0.1, 0.15) is 6.04 Å². The highest BCUT2D eigenvalue weighted by Crippen LogP contribution is 2.28. The fourth-order valence-corrected chi connectivity index (χ4v) is 3.70. The van der Waals surface area contributed by atoms with Crippen LogP contribution in [-0.2, 0) is 9.59 Å². The molecule has 1 N–H and O–H groups in total. The quantitative estimate of drug-likeness (QED) is 0.831. The lowest BCUT2D eigenvalue weighted by molar-refractivity contribution is -0.140. The predicted molar refractivity (Wildman–Crippen MR) is 88.5 cm³/mol. The van der Waals surface area contributed by atoms with Crippen LogP contribution < -0.4 is 5.32 Å². The molecule has 1 saturated heterocycles. The monoisotopic (exact) mass is 370 g/mol. The summed E-state index contributed by atoms with van der Waals surface area (Å²) in [6.07, 6.45) is 0. The highest BCUT2D eigenvalue weighted by Gasteiger charge is 2.28. The van der Waals surface area contributed by atoms with Crippen LogP contribution in [0.15, 0.2) is 21.5 Å². The Labute approximate surface area is 137 Å². The Morgan fingerprint density at radius 1 is 1.43 bits per heavy atom. The second-order valence-corrected chi connectivity index (χ2v) is 7.08. The molecule has 1 unspecified atom stereocenters. The Bertz CT molecular complexity index is 577. The zero-order valence-electron chi connectivity index (χ0n) is 12.4. The van der Waals surface area contributed by atoms with Crippen molar-refractivity contribution in [2.45, 2.75) is 31.7 Å². The summed E-state index contributed by atoms with van der Waals surface area (Å²) in [5, 5.41) is 2.77. The molecule has 1 aromatic carbocycles. The van der Waals surface area contributed by atoms with E-state index in [1.165, 1.54) is 11.8 Å². The van der Waals surface area contributed by atoms with Gasteiger partial charge in [-0.05, 0) is 44.0 Å². The van der Waals surface area contributed by atoms with Crippen LogP contribution in [0.5, 0.6) is 0 Å². The number of halogens is 1. The molecule has 1 aliphatic rings. The van der Waals surface area contributed by atoms with E-state index < -0.39 is 0 Å². The summed E-state index contributed by atoms with van der Waals surface area (Å²) in [6, 6.07) is 3.78. The largest absolute Gasteiger partial charge is 0.353 e. The molecule has 0 radical (unpaired) electrons. The molecule has 0 spiro atoms. The normalized spacial score (nSPS) is 18.6. The standard InChI is InChI=1S/C15H19BrN2O2S/c1-9-7-13(10(2)6-12(9)16)21-8-14(19)18-5-4-17-15(20)11(18)3/h6-7,11H,4-5,8H2,1-3H3,(H,17,20). The van der Waals surface area contributed by atoms with E-state index in [0.717, 1.165) is 20.5 Å². The number of piperazine rings is 1. The molecule has 2 rings (SSSR count). The van der Waals surface area contributed by atoms with Gasteiger partial charge in [0.2, 0.25) is 11.8 Å². The fraction of sp³-hybridized carbons (Fsp3) is 0.467. The molecular formula is C15H19BrN2O2S. The van der Waals surface area contributed by atoms with Crippen LogP contribution in [0.4, 0.5) is 0 Å². The van der Waals surface area contributed by atoms with Gasteiger partial charge in [-0.15, -0.1) is 11.8 Å². The maximum Gasteiger partial charge on any atom is 0.242 e. The minimum atomic E-state index is -0.375. The fourth-order valence-electron chi connectivity index (χ4n) is 2.26. The zero-order chi connectivity index (χ0) is 15.6. The Hall–Kier alpha value is -1.01. The molecule has 4 nitrogen and oxygen atoms in total. The minimum Gasteiger partial charge on any atom is -0.353 e. The molecule has 0 aromatic heterocycles. The van der Waals surface area contributed by atoms with Crippen molar-refractivity contribution in [3.63, 3.8) is 0 Å². The summed E-state index contributed by atoms with van der Waals surface area (Å²) >= 11 is 5.04. The molecule has 0 bridgehead atoms. The zero-order valence-corrected chi connectivity index (χ0v) is 14.8. The van der Waals surface area contributed by atoms with Crippen molar-refractivity contribution in [3.05, 3.63) is 27.7 Å². The summed E-state index contributed by atoms with van der Waals surface area (Å²) < 4.78 is 1.08. The van der Waals surface area contributed by atoms with Crippen LogP contribution >= 0.6 is 27.7 Å². The summed E-state index contributed by atoms with van der Waals surface area (Å²) in [5.41, 5.74) is 2.30. The van der Waals surface area contributed by atoms with Crippen LogP contribution in [0, 0.1) is 13.8 Å². The van der Waals surface area contributed by atoms with Gasteiger partial charge in [-0.1, -0.05) is 15.9 Å². The van der Waals surface area contributed by atoms with Crippen molar-refractivity contribution in [2.75, 3.05) is 18.8 Å². The van der Waals surface area contributed by atoms with Gasteiger partial charge < -0.3 is 10.2 Å². The molecule has 0 aliphatic carbocycles. The maximum atomic E-state index is 12.3. The lowest BCUT2D eigenvalue weighted by Gasteiger charge is -2.32. The summed E-state index contributed by atoms with van der Waals surface area (Å²) in [7, 11) is 0. The number of hydrogen-bond donors (Lipinski definition) is 1. The first-order valence-corrected chi connectivity index (χ1v) is 8.64. The van der Waals surface area contributed by atoms with Gasteiger partial charge in [-0.3, -0.25) is 9.59 Å². The Morgan fingerprint density at radius 2 is 2.14 bits per heavy atom. The van der Waals surface area contributed by atoms with Gasteiger partial charge >= 0.3 is 0 Å². The Kier molecular flexibility index (Phi) is 5.32. The van der Waals surface area contributed by atoms with Crippen LogP contribution in [0.2, 0.25) is 0 Å². The van der Waals surface area contributed by atoms with E-state index in [0.29, 0.717) is 18.8 Å². The molecular weight excluding hydrogens is 352 g/mol. The van der Waals surface area contributed by atoms with Crippen LogP contribution in [0.1, 0.15) is 18.1 Å².